The zero-order valence-corrected chi connectivity index (χ0v) is 15.9. The second kappa shape index (κ2) is 8.00. The van der Waals surface area contributed by atoms with Gasteiger partial charge in [-0.3, -0.25) is 0 Å². The van der Waals surface area contributed by atoms with Crippen LogP contribution in [-0.4, -0.2) is 24.2 Å². The van der Waals surface area contributed by atoms with Crippen LogP contribution < -0.4 is 18.6 Å². The number of pyridine rings is 2. The van der Waals surface area contributed by atoms with Crippen LogP contribution in [0.5, 0.6) is 11.5 Å². The minimum atomic E-state index is 0.640. The summed E-state index contributed by atoms with van der Waals surface area (Å²) in [6, 6.07) is 15.8. The Kier molecular flexibility index (Phi) is 5.10. The molecule has 6 heteroatoms. The van der Waals surface area contributed by atoms with E-state index in [0.29, 0.717) is 24.6 Å². The fraction of sp³-hybridized carbons (Fsp3) is 0.182. The van der Waals surface area contributed by atoms with Crippen molar-refractivity contribution in [1.82, 2.24) is 9.97 Å². The van der Waals surface area contributed by atoms with E-state index in [-0.39, 0.29) is 0 Å². The molecule has 3 heterocycles. The van der Waals surface area contributed by atoms with Gasteiger partial charge in [0.2, 0.25) is 0 Å². The van der Waals surface area contributed by atoms with E-state index in [1.807, 2.05) is 73.3 Å². The molecule has 140 valence electrons. The minimum Gasteiger partial charge on any atom is -0.493 e. The molecule has 1 aromatic carbocycles. The van der Waals surface area contributed by atoms with E-state index in [0.717, 1.165) is 22.4 Å². The molecule has 0 aliphatic carbocycles. The van der Waals surface area contributed by atoms with Gasteiger partial charge in [-0.05, 0) is 0 Å². The third-order valence-corrected chi connectivity index (χ3v) is 4.54. The van der Waals surface area contributed by atoms with Crippen LogP contribution in [-0.2, 0) is 13.1 Å². The Morgan fingerprint density at radius 3 is 1.39 bits per heavy atom. The highest BCUT2D eigenvalue weighted by Crippen LogP contribution is 2.31. The summed E-state index contributed by atoms with van der Waals surface area (Å²) in [6.45, 7) is 1.28. The lowest BCUT2D eigenvalue weighted by atomic mass is 10.2. The van der Waals surface area contributed by atoms with Gasteiger partial charge in [0.15, 0.2) is 49.4 Å². The normalized spacial score (nSPS) is 10.8. The fourth-order valence-corrected chi connectivity index (χ4v) is 3.14. The molecule has 4 rings (SSSR count). The first-order valence-electron chi connectivity index (χ1n) is 9.06. The van der Waals surface area contributed by atoms with Gasteiger partial charge in [0.1, 0.15) is 11.4 Å². The second-order valence-corrected chi connectivity index (χ2v) is 6.41. The highest BCUT2D eigenvalue weighted by molar-refractivity contribution is 5.79. The van der Waals surface area contributed by atoms with E-state index in [9.17, 15) is 0 Å². The van der Waals surface area contributed by atoms with Crippen molar-refractivity contribution < 1.29 is 18.6 Å². The van der Waals surface area contributed by atoms with Gasteiger partial charge in [0.25, 0.3) is 0 Å². The molecular formula is C22H22N4O2+2. The molecule has 0 unspecified atom stereocenters. The average molecular weight is 374 g/mol. The predicted octanol–water partition coefficient (Wildman–Crippen LogP) is 2.32. The lowest BCUT2D eigenvalue weighted by Crippen LogP contribution is -2.37. The zero-order valence-electron chi connectivity index (χ0n) is 15.9. The van der Waals surface area contributed by atoms with Crippen LogP contribution in [0.15, 0.2) is 73.3 Å². The van der Waals surface area contributed by atoms with E-state index in [2.05, 4.69) is 9.13 Å². The summed E-state index contributed by atoms with van der Waals surface area (Å²) >= 11 is 0. The molecule has 0 aliphatic rings. The second-order valence-electron chi connectivity index (χ2n) is 6.41. The Morgan fingerprint density at radius 2 is 1.04 bits per heavy atom. The first-order valence-corrected chi connectivity index (χ1v) is 9.06. The summed E-state index contributed by atoms with van der Waals surface area (Å²) in [7, 11) is 3.25. The van der Waals surface area contributed by atoms with Gasteiger partial charge in [-0.15, -0.1) is 0 Å². The number of rotatable bonds is 6. The van der Waals surface area contributed by atoms with E-state index in [1.165, 1.54) is 0 Å². The highest BCUT2D eigenvalue weighted by atomic mass is 16.5. The topological polar surface area (TPSA) is 52.0 Å². The molecule has 6 nitrogen and oxygen atoms in total. The Labute approximate surface area is 163 Å². The van der Waals surface area contributed by atoms with Crippen molar-refractivity contribution in [2.24, 2.45) is 0 Å². The fourth-order valence-electron chi connectivity index (χ4n) is 3.14. The van der Waals surface area contributed by atoms with E-state index in [4.69, 9.17) is 19.4 Å². The van der Waals surface area contributed by atoms with Gasteiger partial charge >= 0.3 is 0 Å². The van der Waals surface area contributed by atoms with Crippen LogP contribution >= 0.6 is 0 Å². The van der Waals surface area contributed by atoms with Crippen molar-refractivity contribution >= 4 is 11.0 Å². The molecule has 0 atom stereocenters. The first kappa shape index (κ1) is 17.9. The number of ether oxygens (including phenoxy) is 2. The molecule has 0 amide bonds. The number of hydrogen-bond acceptors (Lipinski definition) is 4. The van der Waals surface area contributed by atoms with Gasteiger partial charge in [0.05, 0.1) is 25.3 Å². The van der Waals surface area contributed by atoms with Crippen molar-refractivity contribution in [1.29, 1.82) is 0 Å². The maximum Gasteiger partial charge on any atom is 0.192 e. The summed E-state index contributed by atoms with van der Waals surface area (Å²) < 4.78 is 15.0. The standard InChI is InChI=1S/C22H22N4O2/c1-27-21-13-17-18(14-22(21)28-2)24-20(16-26-11-7-4-8-12-26)19(23-17)15-25-9-5-3-6-10-25/h3-14H,15-16H2,1-2H3/q+2. The van der Waals surface area contributed by atoms with E-state index in [1.54, 1.807) is 14.2 Å². The monoisotopic (exact) mass is 374 g/mol. The summed E-state index contributed by atoms with van der Waals surface area (Å²) in [6.07, 6.45) is 8.11. The number of benzene rings is 1. The van der Waals surface area contributed by atoms with Gasteiger partial charge < -0.3 is 9.47 Å². The Bertz CT molecular complexity index is 998. The molecule has 0 saturated carbocycles. The molecule has 4 aromatic rings. The van der Waals surface area contributed by atoms with E-state index < -0.39 is 0 Å². The summed E-state index contributed by atoms with van der Waals surface area (Å²) in [5.74, 6) is 1.29. The van der Waals surface area contributed by atoms with Gasteiger partial charge in [-0.2, -0.15) is 9.13 Å². The third-order valence-electron chi connectivity index (χ3n) is 4.54. The van der Waals surface area contributed by atoms with Crippen LogP contribution in [0.25, 0.3) is 11.0 Å². The number of methoxy groups -OCH3 is 2. The molecule has 3 aromatic heterocycles. The minimum absolute atomic E-state index is 0.640. The molecule has 0 N–H and O–H groups in total. The van der Waals surface area contributed by atoms with Crippen molar-refractivity contribution in [2.45, 2.75) is 13.1 Å². The molecule has 28 heavy (non-hydrogen) atoms. The Morgan fingerprint density at radius 1 is 0.643 bits per heavy atom. The Balaban J connectivity index is 1.83. The highest BCUT2D eigenvalue weighted by Gasteiger charge is 2.18. The van der Waals surface area contributed by atoms with Crippen LogP contribution in [0.2, 0.25) is 0 Å². The molecule has 0 aliphatic heterocycles. The van der Waals surface area contributed by atoms with Gasteiger partial charge in [0, 0.05) is 36.4 Å². The SMILES string of the molecule is COc1cc2nc(C[n+]3ccccc3)c(C[n+]3ccccc3)nc2cc1OC. The largest absolute Gasteiger partial charge is 0.493 e. The van der Waals surface area contributed by atoms with Crippen LogP contribution in [0.4, 0.5) is 0 Å². The number of hydrogen-bond donors (Lipinski definition) is 0. The first-order chi connectivity index (χ1) is 13.8. The summed E-state index contributed by atoms with van der Waals surface area (Å²) in [5.41, 5.74) is 3.41. The molecule has 0 fully saturated rings. The van der Waals surface area contributed by atoms with Gasteiger partial charge in [-0.25, -0.2) is 9.97 Å². The van der Waals surface area contributed by atoms with Crippen LogP contribution in [0.1, 0.15) is 11.4 Å². The molecular weight excluding hydrogens is 352 g/mol. The Hall–Kier alpha value is -3.54. The van der Waals surface area contributed by atoms with Crippen molar-refractivity contribution in [3.05, 3.63) is 84.7 Å². The van der Waals surface area contributed by atoms with Gasteiger partial charge in [-0.1, -0.05) is 12.1 Å². The van der Waals surface area contributed by atoms with Crippen molar-refractivity contribution in [2.75, 3.05) is 14.2 Å². The zero-order chi connectivity index (χ0) is 19.3. The lowest BCUT2D eigenvalue weighted by molar-refractivity contribution is -0.694. The maximum atomic E-state index is 5.43. The average Bonchev–Trinajstić information content (AvgIpc) is 2.74. The van der Waals surface area contributed by atoms with E-state index >= 15 is 0 Å². The smallest absolute Gasteiger partial charge is 0.192 e. The molecule has 0 bridgehead atoms. The van der Waals surface area contributed by atoms with Crippen LogP contribution in [0, 0.1) is 0 Å². The summed E-state index contributed by atoms with van der Waals surface area (Å²) in [4.78, 5) is 9.84. The quantitative estimate of drug-likeness (QED) is 0.486. The number of fused-ring (bicyclic) bond motifs is 1. The predicted molar refractivity (Wildman–Crippen MR) is 104 cm³/mol. The lowest BCUT2D eigenvalue weighted by Gasteiger charge is -2.10. The maximum absolute atomic E-state index is 5.43. The molecule has 0 radical (unpaired) electrons. The van der Waals surface area contributed by atoms with Crippen LogP contribution in [0.3, 0.4) is 0 Å². The molecule has 0 spiro atoms. The number of aromatic nitrogens is 4. The molecule has 0 saturated heterocycles. The number of nitrogens with zero attached hydrogens (tertiary/aromatic N) is 4. The van der Waals surface area contributed by atoms with Crippen molar-refractivity contribution in [3.8, 4) is 11.5 Å². The van der Waals surface area contributed by atoms with Crippen molar-refractivity contribution in [3.63, 3.8) is 0 Å². The summed E-state index contributed by atoms with van der Waals surface area (Å²) in [5, 5.41) is 0. The third kappa shape index (κ3) is 3.76.